The fourth-order valence-corrected chi connectivity index (χ4v) is 2.70. The van der Waals surface area contributed by atoms with Gasteiger partial charge < -0.3 is 9.47 Å². The molecule has 0 amide bonds. The molecular weight excluding hydrogens is 262 g/mol. The maximum absolute atomic E-state index is 5.31. The Morgan fingerprint density at radius 3 is 2.29 bits per heavy atom. The Morgan fingerprint density at radius 1 is 0.857 bits per heavy atom. The second-order valence-corrected chi connectivity index (χ2v) is 5.13. The van der Waals surface area contributed by atoms with Crippen LogP contribution in [0.15, 0.2) is 47.5 Å². The number of rotatable bonds is 3. The van der Waals surface area contributed by atoms with Crippen LogP contribution in [-0.4, -0.2) is 19.9 Å². The predicted molar refractivity (Wildman–Crippen MR) is 85.1 cm³/mol. The lowest BCUT2D eigenvalue weighted by Gasteiger charge is -2.18. The Labute approximate surface area is 125 Å². The van der Waals surface area contributed by atoms with Crippen molar-refractivity contribution in [2.24, 2.45) is 4.99 Å². The van der Waals surface area contributed by atoms with E-state index in [-0.39, 0.29) is 0 Å². The fourth-order valence-electron chi connectivity index (χ4n) is 2.70. The fraction of sp³-hybridized carbons (Fsp3) is 0.278. The zero-order chi connectivity index (χ0) is 14.7. The molecule has 0 saturated heterocycles. The van der Waals surface area contributed by atoms with Gasteiger partial charge in [-0.1, -0.05) is 0 Å². The number of hydrogen-bond acceptors (Lipinski definition) is 3. The van der Waals surface area contributed by atoms with Gasteiger partial charge in [0.15, 0.2) is 0 Å². The molecule has 0 aromatic heterocycles. The lowest BCUT2D eigenvalue weighted by Crippen LogP contribution is -2.11. The van der Waals surface area contributed by atoms with Crippen LogP contribution in [-0.2, 0) is 6.42 Å². The molecule has 3 heteroatoms. The number of benzene rings is 2. The molecule has 21 heavy (non-hydrogen) atoms. The van der Waals surface area contributed by atoms with Crippen LogP contribution in [0, 0.1) is 0 Å². The first-order valence-electron chi connectivity index (χ1n) is 7.19. The molecule has 2 aromatic carbocycles. The third-order valence-corrected chi connectivity index (χ3v) is 3.82. The van der Waals surface area contributed by atoms with E-state index in [2.05, 4.69) is 12.1 Å². The number of fused-ring (bicyclic) bond motifs is 1. The summed E-state index contributed by atoms with van der Waals surface area (Å²) in [5.74, 6) is 1.77. The minimum atomic E-state index is 0.854. The summed E-state index contributed by atoms with van der Waals surface area (Å²) in [6.07, 6.45) is 3.24. The van der Waals surface area contributed by atoms with Crippen molar-refractivity contribution in [1.29, 1.82) is 0 Å². The zero-order valence-electron chi connectivity index (χ0n) is 12.4. The molecule has 0 aliphatic heterocycles. The van der Waals surface area contributed by atoms with Gasteiger partial charge in [-0.15, -0.1) is 0 Å². The molecule has 0 spiro atoms. The Kier molecular flexibility index (Phi) is 3.91. The average Bonchev–Trinajstić information content (AvgIpc) is 2.55. The van der Waals surface area contributed by atoms with Gasteiger partial charge in [-0.3, -0.25) is 4.99 Å². The van der Waals surface area contributed by atoms with Gasteiger partial charge in [0.1, 0.15) is 11.5 Å². The van der Waals surface area contributed by atoms with Crippen molar-refractivity contribution in [3.8, 4) is 11.5 Å². The number of hydrogen-bond donors (Lipinski definition) is 0. The monoisotopic (exact) mass is 281 g/mol. The largest absolute Gasteiger partial charge is 0.497 e. The lowest BCUT2D eigenvalue weighted by molar-refractivity contribution is 0.414. The van der Waals surface area contributed by atoms with E-state index in [0.717, 1.165) is 42.2 Å². The summed E-state index contributed by atoms with van der Waals surface area (Å²) in [6.45, 7) is 0. The Balaban J connectivity index is 1.94. The quantitative estimate of drug-likeness (QED) is 0.845. The normalized spacial score (nSPS) is 15.6. The number of aryl methyl sites for hydroxylation is 1. The van der Waals surface area contributed by atoms with Crippen molar-refractivity contribution < 1.29 is 9.47 Å². The summed E-state index contributed by atoms with van der Waals surface area (Å²) in [5.41, 5.74) is 4.70. The first-order valence-corrected chi connectivity index (χ1v) is 7.19. The molecule has 108 valence electrons. The Bertz CT molecular complexity index is 659. The molecule has 0 unspecified atom stereocenters. The molecule has 1 aliphatic carbocycles. The van der Waals surface area contributed by atoms with Gasteiger partial charge in [0, 0.05) is 5.71 Å². The van der Waals surface area contributed by atoms with E-state index in [4.69, 9.17) is 14.5 Å². The molecule has 0 radical (unpaired) electrons. The molecule has 0 heterocycles. The smallest absolute Gasteiger partial charge is 0.119 e. The van der Waals surface area contributed by atoms with E-state index < -0.39 is 0 Å². The van der Waals surface area contributed by atoms with Crippen LogP contribution in [0.1, 0.15) is 24.0 Å². The lowest BCUT2D eigenvalue weighted by atomic mass is 9.90. The molecule has 2 aromatic rings. The number of aliphatic imine (C=N–C) groups is 1. The minimum Gasteiger partial charge on any atom is -0.497 e. The van der Waals surface area contributed by atoms with Crippen LogP contribution in [0.3, 0.4) is 0 Å². The summed E-state index contributed by atoms with van der Waals surface area (Å²) in [7, 11) is 3.38. The minimum absolute atomic E-state index is 0.854. The first-order chi connectivity index (χ1) is 10.3. The number of methoxy groups -OCH3 is 2. The third kappa shape index (κ3) is 2.92. The van der Waals surface area contributed by atoms with E-state index in [1.807, 2.05) is 30.3 Å². The van der Waals surface area contributed by atoms with E-state index in [1.165, 1.54) is 11.1 Å². The van der Waals surface area contributed by atoms with Gasteiger partial charge in [-0.05, 0) is 72.9 Å². The second-order valence-electron chi connectivity index (χ2n) is 5.13. The molecule has 0 saturated carbocycles. The topological polar surface area (TPSA) is 30.8 Å². The molecule has 1 aliphatic rings. The van der Waals surface area contributed by atoms with Crippen molar-refractivity contribution in [3.63, 3.8) is 0 Å². The standard InChI is InChI=1S/C18H19NO2/c1-20-15-8-6-14(7-9-15)19-18-5-3-4-13-12-16(21-2)10-11-17(13)18/h6-12H,3-5H2,1-2H3/b19-18+. The van der Waals surface area contributed by atoms with E-state index in [1.54, 1.807) is 14.2 Å². The molecule has 3 nitrogen and oxygen atoms in total. The highest BCUT2D eigenvalue weighted by Crippen LogP contribution is 2.28. The first kappa shape index (κ1) is 13.7. The van der Waals surface area contributed by atoms with Crippen LogP contribution in [0.4, 0.5) is 5.69 Å². The summed E-state index contributed by atoms with van der Waals surface area (Å²) in [6, 6.07) is 14.1. The van der Waals surface area contributed by atoms with Crippen molar-refractivity contribution in [3.05, 3.63) is 53.6 Å². The summed E-state index contributed by atoms with van der Waals surface area (Å²) < 4.78 is 10.5. The van der Waals surface area contributed by atoms with Crippen molar-refractivity contribution in [2.45, 2.75) is 19.3 Å². The zero-order valence-corrected chi connectivity index (χ0v) is 12.4. The summed E-state index contributed by atoms with van der Waals surface area (Å²) in [4.78, 5) is 4.81. The van der Waals surface area contributed by atoms with Crippen molar-refractivity contribution >= 4 is 11.4 Å². The molecular formula is C18H19NO2. The molecule has 0 atom stereocenters. The van der Waals surface area contributed by atoms with Crippen LogP contribution < -0.4 is 9.47 Å². The predicted octanol–water partition coefficient (Wildman–Crippen LogP) is 4.16. The number of ether oxygens (including phenoxy) is 2. The Hall–Kier alpha value is -2.29. The van der Waals surface area contributed by atoms with Crippen LogP contribution in [0.25, 0.3) is 0 Å². The molecule has 0 fully saturated rings. The molecule has 0 bridgehead atoms. The van der Waals surface area contributed by atoms with Crippen molar-refractivity contribution in [2.75, 3.05) is 14.2 Å². The Morgan fingerprint density at radius 2 is 1.57 bits per heavy atom. The van der Waals surface area contributed by atoms with E-state index in [0.29, 0.717) is 0 Å². The van der Waals surface area contributed by atoms with Crippen LogP contribution in [0.2, 0.25) is 0 Å². The molecule has 3 rings (SSSR count). The second kappa shape index (κ2) is 6.00. The van der Waals surface area contributed by atoms with E-state index >= 15 is 0 Å². The highest BCUT2D eigenvalue weighted by molar-refractivity contribution is 6.04. The third-order valence-electron chi connectivity index (χ3n) is 3.82. The van der Waals surface area contributed by atoms with Crippen LogP contribution >= 0.6 is 0 Å². The van der Waals surface area contributed by atoms with Gasteiger partial charge in [0.05, 0.1) is 19.9 Å². The summed E-state index contributed by atoms with van der Waals surface area (Å²) in [5, 5.41) is 0. The average molecular weight is 281 g/mol. The maximum Gasteiger partial charge on any atom is 0.119 e. The highest BCUT2D eigenvalue weighted by Gasteiger charge is 2.16. The van der Waals surface area contributed by atoms with Gasteiger partial charge in [-0.2, -0.15) is 0 Å². The highest BCUT2D eigenvalue weighted by atomic mass is 16.5. The van der Waals surface area contributed by atoms with Gasteiger partial charge >= 0.3 is 0 Å². The van der Waals surface area contributed by atoms with Crippen molar-refractivity contribution in [1.82, 2.24) is 0 Å². The maximum atomic E-state index is 5.31. The van der Waals surface area contributed by atoms with Gasteiger partial charge in [-0.25, -0.2) is 0 Å². The van der Waals surface area contributed by atoms with Crippen LogP contribution in [0.5, 0.6) is 11.5 Å². The number of nitrogens with zero attached hydrogens (tertiary/aromatic N) is 1. The van der Waals surface area contributed by atoms with E-state index in [9.17, 15) is 0 Å². The van der Waals surface area contributed by atoms with Gasteiger partial charge in [0.25, 0.3) is 0 Å². The molecule has 0 N–H and O–H groups in total. The van der Waals surface area contributed by atoms with Gasteiger partial charge in [0.2, 0.25) is 0 Å². The SMILES string of the molecule is COc1ccc(/N=C2\CCCc3cc(OC)ccc32)cc1. The summed E-state index contributed by atoms with van der Waals surface area (Å²) >= 11 is 0.